The predicted octanol–water partition coefficient (Wildman–Crippen LogP) is 7.58. The van der Waals surface area contributed by atoms with Gasteiger partial charge in [-0.15, -0.1) is 0 Å². The molecular weight excluding hydrogens is 416 g/mol. The molecule has 0 saturated carbocycles. The number of hydrogen-bond acceptors (Lipinski definition) is 3. The van der Waals surface area contributed by atoms with Gasteiger partial charge in [-0.3, -0.25) is 4.98 Å². The summed E-state index contributed by atoms with van der Waals surface area (Å²) in [5, 5.41) is 0. The van der Waals surface area contributed by atoms with Crippen molar-refractivity contribution in [3.8, 4) is 33.9 Å². The van der Waals surface area contributed by atoms with E-state index in [1.54, 1.807) is 18.3 Å². The SMILES string of the molecule is [2H]c1cc(Oc2ccccn2)cc(-c2ccc3c(c2)C(C)(c2cc(C)ccn2)c2ccc([2H])cc2-3)c1. The average molecular weight is 443 g/mol. The first-order chi connectivity index (χ1) is 17.4. The van der Waals surface area contributed by atoms with Crippen LogP contribution in [0.5, 0.6) is 11.6 Å². The number of nitrogens with zero attached hydrogens (tertiary/aromatic N) is 2. The highest BCUT2D eigenvalue weighted by Crippen LogP contribution is 2.52. The van der Waals surface area contributed by atoms with Crippen LogP contribution in [0.1, 0.15) is 32.0 Å². The molecule has 3 nitrogen and oxygen atoms in total. The molecule has 0 amide bonds. The molecule has 0 aliphatic heterocycles. The number of aryl methyl sites for hydroxylation is 1. The van der Waals surface area contributed by atoms with Gasteiger partial charge in [0.15, 0.2) is 0 Å². The molecule has 1 aliphatic carbocycles. The van der Waals surface area contributed by atoms with Crippen molar-refractivity contribution in [3.63, 3.8) is 0 Å². The highest BCUT2D eigenvalue weighted by Gasteiger charge is 2.41. The Hall–Kier alpha value is -4.24. The van der Waals surface area contributed by atoms with Crippen molar-refractivity contribution in [3.05, 3.63) is 132 Å². The van der Waals surface area contributed by atoms with Gasteiger partial charge in [-0.2, -0.15) is 0 Å². The van der Waals surface area contributed by atoms with Crippen LogP contribution in [0.3, 0.4) is 0 Å². The normalized spacial score (nSPS) is 16.9. The third kappa shape index (κ3) is 3.29. The Kier molecular flexibility index (Phi) is 4.27. The van der Waals surface area contributed by atoms with Crippen molar-refractivity contribution in [2.75, 3.05) is 0 Å². The van der Waals surface area contributed by atoms with Gasteiger partial charge in [-0.25, -0.2) is 4.98 Å². The quantitative estimate of drug-likeness (QED) is 0.288. The summed E-state index contributed by atoms with van der Waals surface area (Å²) in [5.41, 5.74) is 8.03. The van der Waals surface area contributed by atoms with Crippen molar-refractivity contribution in [2.45, 2.75) is 19.3 Å². The summed E-state index contributed by atoms with van der Waals surface area (Å²) in [6.45, 7) is 4.29. The Balaban J connectivity index is 1.51. The second-order valence-electron chi connectivity index (χ2n) is 8.80. The summed E-state index contributed by atoms with van der Waals surface area (Å²) in [6.07, 6.45) is 3.54. The van der Waals surface area contributed by atoms with E-state index in [9.17, 15) is 0 Å². The van der Waals surface area contributed by atoms with Gasteiger partial charge in [0.25, 0.3) is 0 Å². The lowest BCUT2D eigenvalue weighted by Gasteiger charge is -2.27. The van der Waals surface area contributed by atoms with Crippen molar-refractivity contribution >= 4 is 0 Å². The van der Waals surface area contributed by atoms with Gasteiger partial charge in [0, 0.05) is 18.5 Å². The van der Waals surface area contributed by atoms with Gasteiger partial charge < -0.3 is 4.74 Å². The van der Waals surface area contributed by atoms with Crippen molar-refractivity contribution < 1.29 is 7.48 Å². The van der Waals surface area contributed by atoms with Crippen molar-refractivity contribution in [1.82, 2.24) is 9.97 Å². The molecule has 1 aliphatic rings. The van der Waals surface area contributed by atoms with E-state index < -0.39 is 5.41 Å². The zero-order valence-corrected chi connectivity index (χ0v) is 19.0. The summed E-state index contributed by atoms with van der Waals surface area (Å²) in [4.78, 5) is 9.02. The molecule has 0 bridgehead atoms. The fourth-order valence-electron chi connectivity index (χ4n) is 4.90. The van der Waals surface area contributed by atoms with Crippen LogP contribution in [0.15, 0.2) is 109 Å². The lowest BCUT2D eigenvalue weighted by Crippen LogP contribution is -2.24. The fourth-order valence-corrected chi connectivity index (χ4v) is 4.90. The van der Waals surface area contributed by atoms with Crippen LogP contribution in [0.4, 0.5) is 0 Å². The maximum absolute atomic E-state index is 8.38. The van der Waals surface area contributed by atoms with E-state index in [0.717, 1.165) is 44.6 Å². The predicted molar refractivity (Wildman–Crippen MR) is 136 cm³/mol. The van der Waals surface area contributed by atoms with Crippen molar-refractivity contribution in [1.29, 1.82) is 0 Å². The van der Waals surface area contributed by atoms with Crippen LogP contribution in [0.2, 0.25) is 0 Å². The largest absolute Gasteiger partial charge is 0.439 e. The maximum Gasteiger partial charge on any atom is 0.219 e. The highest BCUT2D eigenvalue weighted by molar-refractivity contribution is 5.85. The first-order valence-electron chi connectivity index (χ1n) is 12.3. The van der Waals surface area contributed by atoms with Crippen molar-refractivity contribution in [2.24, 2.45) is 0 Å². The Morgan fingerprint density at radius 3 is 2.47 bits per heavy atom. The highest BCUT2D eigenvalue weighted by atomic mass is 16.5. The second-order valence-corrected chi connectivity index (χ2v) is 8.80. The molecule has 3 aromatic carbocycles. The first-order valence-corrected chi connectivity index (χ1v) is 11.3. The fraction of sp³-hybridized carbons (Fsp3) is 0.0968. The standard InChI is InChI=1S/C31H24N2O/c1-21-15-17-32-29(18-21)31(2)27-11-4-3-10-25(27)26-14-13-23(20-28(26)31)22-8-7-9-24(19-22)34-30-12-5-6-16-33-30/h3-20H,1-2H3/i3D,7D. The Labute approximate surface area is 202 Å². The third-order valence-electron chi connectivity index (χ3n) is 6.63. The molecule has 0 fully saturated rings. The minimum Gasteiger partial charge on any atom is -0.439 e. The number of hydrogen-bond donors (Lipinski definition) is 0. The zero-order valence-electron chi connectivity index (χ0n) is 21.0. The Morgan fingerprint density at radius 1 is 0.735 bits per heavy atom. The van der Waals surface area contributed by atoms with E-state index in [1.807, 2.05) is 48.7 Å². The maximum atomic E-state index is 8.38. The molecule has 5 aromatic rings. The van der Waals surface area contributed by atoms with Gasteiger partial charge in [0.05, 0.1) is 13.9 Å². The molecule has 1 unspecified atom stereocenters. The Morgan fingerprint density at radius 2 is 1.62 bits per heavy atom. The van der Waals surface area contributed by atoms with Crippen LogP contribution >= 0.6 is 0 Å². The van der Waals surface area contributed by atoms with Gasteiger partial charge in [0.2, 0.25) is 5.88 Å². The number of benzene rings is 3. The van der Waals surface area contributed by atoms with E-state index in [-0.39, 0.29) is 0 Å². The molecular formula is C31H24N2O. The van der Waals surface area contributed by atoms with E-state index in [0.29, 0.717) is 23.7 Å². The minimum absolute atomic E-state index is 0.365. The minimum atomic E-state index is -0.466. The number of aromatic nitrogens is 2. The monoisotopic (exact) mass is 442 g/mol. The van der Waals surface area contributed by atoms with Gasteiger partial charge in [0.1, 0.15) is 5.75 Å². The first kappa shape index (κ1) is 18.2. The van der Waals surface area contributed by atoms with E-state index in [1.165, 1.54) is 0 Å². The number of ether oxygens (including phenoxy) is 1. The molecule has 2 aromatic heterocycles. The van der Waals surface area contributed by atoms with E-state index in [2.05, 4.69) is 49.2 Å². The van der Waals surface area contributed by atoms with Crippen LogP contribution in [0.25, 0.3) is 22.3 Å². The molecule has 1 atom stereocenters. The topological polar surface area (TPSA) is 35.0 Å². The second kappa shape index (κ2) is 7.96. The lowest BCUT2D eigenvalue weighted by molar-refractivity contribution is 0.463. The van der Waals surface area contributed by atoms with Crippen LogP contribution in [-0.2, 0) is 5.41 Å². The molecule has 0 N–H and O–H groups in total. The molecule has 3 heteroatoms. The Bertz CT molecular complexity index is 1620. The third-order valence-corrected chi connectivity index (χ3v) is 6.63. The molecule has 0 radical (unpaired) electrons. The summed E-state index contributed by atoms with van der Waals surface area (Å²) in [7, 11) is 0. The van der Waals surface area contributed by atoms with E-state index in [4.69, 9.17) is 12.5 Å². The summed E-state index contributed by atoms with van der Waals surface area (Å²) in [5.74, 6) is 1.06. The number of fused-ring (bicyclic) bond motifs is 3. The molecule has 6 rings (SSSR count). The van der Waals surface area contributed by atoms with Gasteiger partial charge in [-0.1, -0.05) is 54.5 Å². The van der Waals surface area contributed by atoms with E-state index >= 15 is 0 Å². The summed E-state index contributed by atoms with van der Waals surface area (Å²) >= 11 is 0. The molecule has 34 heavy (non-hydrogen) atoms. The average Bonchev–Trinajstić information content (AvgIpc) is 3.12. The lowest BCUT2D eigenvalue weighted by atomic mass is 9.76. The van der Waals surface area contributed by atoms with Crippen LogP contribution < -0.4 is 4.74 Å². The van der Waals surface area contributed by atoms with Gasteiger partial charge in [-0.05, 0) is 89.2 Å². The van der Waals surface area contributed by atoms with Crippen LogP contribution in [-0.4, -0.2) is 9.97 Å². The molecule has 0 spiro atoms. The zero-order chi connectivity index (χ0) is 24.9. The molecule has 2 heterocycles. The summed E-state index contributed by atoms with van der Waals surface area (Å²) < 4.78 is 22.6. The van der Waals surface area contributed by atoms with Gasteiger partial charge >= 0.3 is 0 Å². The number of rotatable bonds is 4. The summed E-state index contributed by atoms with van der Waals surface area (Å²) in [6, 6.07) is 28.2. The molecule has 164 valence electrons. The smallest absolute Gasteiger partial charge is 0.219 e. The molecule has 0 saturated heterocycles. The number of pyridine rings is 2. The van der Waals surface area contributed by atoms with Crippen LogP contribution in [0, 0.1) is 6.92 Å².